The van der Waals surface area contributed by atoms with E-state index in [9.17, 15) is 0 Å². The summed E-state index contributed by atoms with van der Waals surface area (Å²) < 4.78 is 0. The van der Waals surface area contributed by atoms with Crippen molar-refractivity contribution in [2.75, 3.05) is 5.73 Å². The number of hydrogen-bond acceptors (Lipinski definition) is 2. The minimum atomic E-state index is 0.593. The second-order valence-corrected chi connectivity index (χ2v) is 6.40. The van der Waals surface area contributed by atoms with Gasteiger partial charge < -0.3 is 5.73 Å². The van der Waals surface area contributed by atoms with Gasteiger partial charge >= 0.3 is 0 Å². The maximum atomic E-state index is 5.94. The van der Waals surface area contributed by atoms with Crippen molar-refractivity contribution < 1.29 is 0 Å². The number of aryl methyl sites for hydroxylation is 1. The third kappa shape index (κ3) is 2.56. The summed E-state index contributed by atoms with van der Waals surface area (Å²) in [5.74, 6) is 0. The maximum Gasteiger partial charge on any atom is 0.0360 e. The molecule has 0 aromatic heterocycles. The van der Waals surface area contributed by atoms with Crippen LogP contribution >= 0.6 is 0 Å². The molecule has 108 valence electrons. The van der Waals surface area contributed by atoms with E-state index in [2.05, 4.69) is 47.4 Å². The fraction of sp³-hybridized carbons (Fsp3) is 0.368. The molecule has 2 aromatic carbocycles. The highest BCUT2D eigenvalue weighted by Crippen LogP contribution is 2.42. The van der Waals surface area contributed by atoms with Crippen LogP contribution in [-0.2, 0) is 13.0 Å². The topological polar surface area (TPSA) is 29.3 Å². The number of benzene rings is 2. The molecule has 0 heterocycles. The molecule has 2 N–H and O–H groups in total. The number of nitrogens with two attached hydrogens (primary N) is 1. The summed E-state index contributed by atoms with van der Waals surface area (Å²) in [5.41, 5.74) is 11.2. The van der Waals surface area contributed by atoms with Gasteiger partial charge in [-0.15, -0.1) is 0 Å². The number of hydrogen-bond donors (Lipinski definition) is 1. The third-order valence-electron chi connectivity index (χ3n) is 4.83. The van der Waals surface area contributed by atoms with Crippen LogP contribution in [0.4, 0.5) is 5.69 Å². The van der Waals surface area contributed by atoms with Gasteiger partial charge in [-0.25, -0.2) is 0 Å². The van der Waals surface area contributed by atoms with E-state index < -0.39 is 0 Å². The molecule has 1 saturated carbocycles. The predicted octanol–water partition coefficient (Wildman–Crippen LogP) is 3.92. The molecule has 0 spiro atoms. The lowest BCUT2D eigenvalue weighted by molar-refractivity contribution is 0.177. The summed E-state index contributed by atoms with van der Waals surface area (Å²) in [5, 5.41) is 0. The molecular weight excluding hydrogens is 256 g/mol. The monoisotopic (exact) mass is 278 g/mol. The fourth-order valence-corrected chi connectivity index (χ4v) is 3.68. The second-order valence-electron chi connectivity index (χ2n) is 6.40. The molecule has 0 amide bonds. The van der Waals surface area contributed by atoms with Crippen LogP contribution in [0.25, 0.3) is 0 Å². The Labute approximate surface area is 126 Å². The van der Waals surface area contributed by atoms with Gasteiger partial charge in [0.2, 0.25) is 0 Å². The van der Waals surface area contributed by atoms with Gasteiger partial charge in [-0.3, -0.25) is 4.90 Å². The predicted molar refractivity (Wildman–Crippen MR) is 86.9 cm³/mol. The lowest BCUT2D eigenvalue weighted by Crippen LogP contribution is -2.29. The average Bonchev–Trinajstić information content (AvgIpc) is 3.25. The van der Waals surface area contributed by atoms with Crippen LogP contribution in [0.2, 0.25) is 0 Å². The van der Waals surface area contributed by atoms with E-state index in [4.69, 9.17) is 5.73 Å². The highest BCUT2D eigenvalue weighted by atomic mass is 15.2. The summed E-state index contributed by atoms with van der Waals surface area (Å²) in [6.07, 6.45) is 5.18. The van der Waals surface area contributed by atoms with E-state index in [-0.39, 0.29) is 0 Å². The zero-order valence-electron chi connectivity index (χ0n) is 12.3. The van der Waals surface area contributed by atoms with Gasteiger partial charge in [0, 0.05) is 24.3 Å². The average molecular weight is 278 g/mol. The molecule has 0 bridgehead atoms. The highest BCUT2D eigenvalue weighted by molar-refractivity contribution is 5.41. The van der Waals surface area contributed by atoms with Crippen molar-refractivity contribution in [2.24, 2.45) is 0 Å². The van der Waals surface area contributed by atoms with E-state index in [1.807, 2.05) is 6.07 Å². The SMILES string of the molecule is Nc1cccc(CN(C2CC2)C2CCc3ccccc32)c1. The zero-order chi connectivity index (χ0) is 14.2. The third-order valence-corrected chi connectivity index (χ3v) is 4.83. The first kappa shape index (κ1) is 12.9. The largest absolute Gasteiger partial charge is 0.399 e. The molecule has 2 heteroatoms. The van der Waals surface area contributed by atoms with Crippen LogP contribution < -0.4 is 5.73 Å². The fourth-order valence-electron chi connectivity index (χ4n) is 3.68. The van der Waals surface area contributed by atoms with Crippen LogP contribution in [0.5, 0.6) is 0 Å². The quantitative estimate of drug-likeness (QED) is 0.859. The Hall–Kier alpha value is -1.80. The summed E-state index contributed by atoms with van der Waals surface area (Å²) in [6, 6.07) is 18.7. The molecule has 4 rings (SSSR count). The Kier molecular flexibility index (Phi) is 3.19. The Bertz CT molecular complexity index is 646. The van der Waals surface area contributed by atoms with Crippen LogP contribution in [0.3, 0.4) is 0 Å². The number of anilines is 1. The number of fused-ring (bicyclic) bond motifs is 1. The molecule has 1 fully saturated rings. The molecule has 2 aliphatic carbocycles. The molecule has 0 aliphatic heterocycles. The van der Waals surface area contributed by atoms with Gasteiger partial charge in [-0.1, -0.05) is 36.4 Å². The Morgan fingerprint density at radius 2 is 1.86 bits per heavy atom. The number of nitrogen functional groups attached to an aromatic ring is 1. The summed E-state index contributed by atoms with van der Waals surface area (Å²) >= 11 is 0. The second kappa shape index (κ2) is 5.19. The summed E-state index contributed by atoms with van der Waals surface area (Å²) in [6.45, 7) is 1.02. The van der Waals surface area contributed by atoms with Crippen LogP contribution in [0.15, 0.2) is 48.5 Å². The summed E-state index contributed by atoms with van der Waals surface area (Å²) in [7, 11) is 0. The number of nitrogens with zero attached hydrogens (tertiary/aromatic N) is 1. The van der Waals surface area contributed by atoms with Gasteiger partial charge in [-0.05, 0) is 54.5 Å². The van der Waals surface area contributed by atoms with Crippen molar-refractivity contribution >= 4 is 5.69 Å². The van der Waals surface area contributed by atoms with E-state index in [1.54, 1.807) is 11.1 Å². The minimum absolute atomic E-state index is 0.593. The van der Waals surface area contributed by atoms with E-state index in [0.717, 1.165) is 18.3 Å². The van der Waals surface area contributed by atoms with E-state index >= 15 is 0 Å². The first-order chi connectivity index (χ1) is 10.3. The molecule has 1 atom stereocenters. The Balaban J connectivity index is 1.61. The van der Waals surface area contributed by atoms with Crippen LogP contribution in [0.1, 0.15) is 42.0 Å². The molecule has 1 unspecified atom stereocenters. The van der Waals surface area contributed by atoms with Gasteiger partial charge in [0.15, 0.2) is 0 Å². The molecular formula is C19H22N2. The van der Waals surface area contributed by atoms with Crippen molar-refractivity contribution in [3.05, 3.63) is 65.2 Å². The summed E-state index contributed by atoms with van der Waals surface area (Å²) in [4.78, 5) is 2.71. The Morgan fingerprint density at radius 1 is 1.00 bits per heavy atom. The first-order valence-electron chi connectivity index (χ1n) is 7.99. The molecule has 2 aliphatic rings. The highest BCUT2D eigenvalue weighted by Gasteiger charge is 2.37. The van der Waals surface area contributed by atoms with Crippen LogP contribution in [0, 0.1) is 0 Å². The molecule has 2 nitrogen and oxygen atoms in total. The maximum absolute atomic E-state index is 5.94. The smallest absolute Gasteiger partial charge is 0.0360 e. The van der Waals surface area contributed by atoms with E-state index in [0.29, 0.717) is 6.04 Å². The first-order valence-corrected chi connectivity index (χ1v) is 7.99. The normalized spacial score (nSPS) is 20.7. The lowest BCUT2D eigenvalue weighted by atomic mass is 10.1. The van der Waals surface area contributed by atoms with Gasteiger partial charge in [0.1, 0.15) is 0 Å². The van der Waals surface area contributed by atoms with E-state index in [1.165, 1.54) is 31.2 Å². The number of rotatable bonds is 4. The van der Waals surface area contributed by atoms with Gasteiger partial charge in [0.25, 0.3) is 0 Å². The molecule has 0 radical (unpaired) electrons. The van der Waals surface area contributed by atoms with Crippen molar-refractivity contribution in [1.82, 2.24) is 4.90 Å². The van der Waals surface area contributed by atoms with Gasteiger partial charge in [-0.2, -0.15) is 0 Å². The minimum Gasteiger partial charge on any atom is -0.399 e. The van der Waals surface area contributed by atoms with Gasteiger partial charge in [0.05, 0.1) is 0 Å². The van der Waals surface area contributed by atoms with Crippen molar-refractivity contribution in [3.63, 3.8) is 0 Å². The van der Waals surface area contributed by atoms with Crippen LogP contribution in [-0.4, -0.2) is 10.9 Å². The van der Waals surface area contributed by atoms with Crippen molar-refractivity contribution in [1.29, 1.82) is 0 Å². The lowest BCUT2D eigenvalue weighted by Gasteiger charge is -2.30. The zero-order valence-corrected chi connectivity index (χ0v) is 12.3. The van der Waals surface area contributed by atoms with Crippen molar-refractivity contribution in [2.45, 2.75) is 44.3 Å². The van der Waals surface area contributed by atoms with Crippen molar-refractivity contribution in [3.8, 4) is 0 Å². The Morgan fingerprint density at radius 3 is 2.67 bits per heavy atom. The standard InChI is InChI=1S/C19H22N2/c20-16-6-3-4-14(12-16)13-21(17-9-10-17)19-11-8-15-5-1-2-7-18(15)19/h1-7,12,17,19H,8-11,13,20H2. The molecule has 2 aromatic rings. The molecule has 21 heavy (non-hydrogen) atoms. The molecule has 0 saturated heterocycles.